The Hall–Kier alpha value is -3.43. The van der Waals surface area contributed by atoms with Crippen LogP contribution < -0.4 is 4.74 Å². The zero-order chi connectivity index (χ0) is 24.1. The minimum Gasteiger partial charge on any atom is -0.494 e. The number of aliphatic carboxylic acids is 1. The van der Waals surface area contributed by atoms with E-state index in [1.807, 2.05) is 60.8 Å². The van der Waals surface area contributed by atoms with Gasteiger partial charge in [0.05, 0.1) is 17.2 Å². The van der Waals surface area contributed by atoms with Gasteiger partial charge in [0, 0.05) is 17.3 Å². The number of carbonyl (C=O) groups is 2. The number of ether oxygens (including phenoxy) is 1. The summed E-state index contributed by atoms with van der Waals surface area (Å²) >= 11 is 6.32. The highest BCUT2D eigenvalue weighted by Gasteiger charge is 2.33. The fraction of sp³-hybridized carbons (Fsp3) is 0.200. The van der Waals surface area contributed by atoms with E-state index in [4.69, 9.17) is 27.2 Å². The zero-order valence-electron chi connectivity index (χ0n) is 18.5. The molecule has 0 saturated carbocycles. The fourth-order valence-corrected chi connectivity index (χ4v) is 4.66. The molecule has 2 heterocycles. The van der Waals surface area contributed by atoms with Crippen LogP contribution in [0, 0.1) is 0 Å². The molecule has 0 unspecified atom stereocenters. The molecular weight excluding hydrogens is 470 g/mol. The number of thiocarbonyl (C=S) groups is 1. The van der Waals surface area contributed by atoms with E-state index < -0.39 is 18.4 Å². The average molecular weight is 494 g/mol. The number of carboxylic acid groups (broad SMARTS) is 1. The van der Waals surface area contributed by atoms with E-state index in [0.29, 0.717) is 22.8 Å². The molecule has 34 heavy (non-hydrogen) atoms. The average Bonchev–Trinajstić information content (AvgIpc) is 3.36. The van der Waals surface area contributed by atoms with E-state index in [-0.39, 0.29) is 4.32 Å². The molecule has 4 rings (SSSR count). The van der Waals surface area contributed by atoms with Gasteiger partial charge in [0.15, 0.2) is 0 Å². The fourth-order valence-electron chi connectivity index (χ4n) is 3.41. The second-order valence-electron chi connectivity index (χ2n) is 7.60. The predicted molar refractivity (Wildman–Crippen MR) is 137 cm³/mol. The number of carboxylic acids is 1. The van der Waals surface area contributed by atoms with Gasteiger partial charge in [-0.3, -0.25) is 14.5 Å². The van der Waals surface area contributed by atoms with Crippen molar-refractivity contribution in [1.29, 1.82) is 0 Å². The number of carbonyl (C=O) groups excluding carboxylic acids is 1. The molecule has 0 aliphatic carbocycles. The van der Waals surface area contributed by atoms with Crippen LogP contribution in [0.5, 0.6) is 5.75 Å². The van der Waals surface area contributed by atoms with Gasteiger partial charge >= 0.3 is 5.97 Å². The van der Waals surface area contributed by atoms with Crippen molar-refractivity contribution in [2.24, 2.45) is 0 Å². The van der Waals surface area contributed by atoms with Gasteiger partial charge in [-0.15, -0.1) is 0 Å². The SMILES string of the molecule is CCCCOc1cccc(-c2nn(-c3ccccc3)cc2C=C2SC(=S)N(CC(=O)O)C2=O)c1. The van der Waals surface area contributed by atoms with Gasteiger partial charge in [-0.25, -0.2) is 4.68 Å². The maximum atomic E-state index is 12.8. The summed E-state index contributed by atoms with van der Waals surface area (Å²) in [5.41, 5.74) is 3.10. The number of amides is 1. The van der Waals surface area contributed by atoms with Crippen LogP contribution in [0.1, 0.15) is 25.3 Å². The van der Waals surface area contributed by atoms with Crippen molar-refractivity contribution in [3.8, 4) is 22.7 Å². The second kappa shape index (κ2) is 10.7. The summed E-state index contributed by atoms with van der Waals surface area (Å²) in [7, 11) is 0. The van der Waals surface area contributed by atoms with E-state index in [9.17, 15) is 9.59 Å². The summed E-state index contributed by atoms with van der Waals surface area (Å²) in [6.45, 7) is 2.29. The van der Waals surface area contributed by atoms with Crippen LogP contribution >= 0.6 is 24.0 Å². The van der Waals surface area contributed by atoms with Crippen molar-refractivity contribution in [3.63, 3.8) is 0 Å². The van der Waals surface area contributed by atoms with E-state index in [2.05, 4.69) is 6.92 Å². The van der Waals surface area contributed by atoms with Crippen LogP contribution in [-0.4, -0.2) is 49.1 Å². The maximum absolute atomic E-state index is 12.8. The van der Waals surface area contributed by atoms with Gasteiger partial charge in [0.25, 0.3) is 5.91 Å². The number of rotatable bonds is 9. The van der Waals surface area contributed by atoms with Crippen LogP contribution in [-0.2, 0) is 9.59 Å². The van der Waals surface area contributed by atoms with Gasteiger partial charge in [-0.05, 0) is 36.8 Å². The van der Waals surface area contributed by atoms with Crippen molar-refractivity contribution in [2.75, 3.05) is 13.2 Å². The quantitative estimate of drug-likeness (QED) is 0.255. The molecule has 1 aliphatic heterocycles. The lowest BCUT2D eigenvalue weighted by atomic mass is 10.1. The topological polar surface area (TPSA) is 84.7 Å². The number of hydrogen-bond acceptors (Lipinski definition) is 6. The van der Waals surface area contributed by atoms with Gasteiger partial charge in [0.1, 0.15) is 22.3 Å². The molecule has 1 aromatic heterocycles. The van der Waals surface area contributed by atoms with Crippen LogP contribution in [0.15, 0.2) is 65.7 Å². The Bertz CT molecular complexity index is 1250. The minimum atomic E-state index is -1.12. The van der Waals surface area contributed by atoms with Crippen molar-refractivity contribution in [2.45, 2.75) is 19.8 Å². The lowest BCUT2D eigenvalue weighted by Gasteiger charge is -2.10. The molecule has 1 saturated heterocycles. The number of thioether (sulfide) groups is 1. The van der Waals surface area contributed by atoms with Crippen LogP contribution in [0.3, 0.4) is 0 Å². The Morgan fingerprint density at radius 1 is 1.21 bits per heavy atom. The second-order valence-corrected chi connectivity index (χ2v) is 9.28. The largest absolute Gasteiger partial charge is 0.494 e. The first-order valence-electron chi connectivity index (χ1n) is 10.8. The molecule has 0 spiro atoms. The lowest BCUT2D eigenvalue weighted by Crippen LogP contribution is -2.33. The van der Waals surface area contributed by atoms with E-state index in [1.165, 1.54) is 0 Å². The number of para-hydroxylation sites is 1. The number of benzene rings is 2. The summed E-state index contributed by atoms with van der Waals surface area (Å²) in [6.07, 6.45) is 5.58. The summed E-state index contributed by atoms with van der Waals surface area (Å²) in [6, 6.07) is 17.4. The van der Waals surface area contributed by atoms with Crippen molar-refractivity contribution < 1.29 is 19.4 Å². The molecule has 1 fully saturated rings. The Labute approximate surface area is 207 Å². The summed E-state index contributed by atoms with van der Waals surface area (Å²) < 4.78 is 7.85. The third-order valence-electron chi connectivity index (χ3n) is 5.09. The van der Waals surface area contributed by atoms with Crippen molar-refractivity contribution >= 4 is 46.3 Å². The molecule has 3 aromatic rings. The summed E-state index contributed by atoms with van der Waals surface area (Å²) in [5.74, 6) is -0.790. The molecule has 1 amide bonds. The van der Waals surface area contributed by atoms with E-state index in [0.717, 1.165) is 46.5 Å². The third kappa shape index (κ3) is 5.37. The maximum Gasteiger partial charge on any atom is 0.323 e. The number of nitrogens with zero attached hydrogens (tertiary/aromatic N) is 3. The summed E-state index contributed by atoms with van der Waals surface area (Å²) in [4.78, 5) is 25.4. The van der Waals surface area contributed by atoms with Crippen molar-refractivity contribution in [1.82, 2.24) is 14.7 Å². The Kier molecular flexibility index (Phi) is 7.44. The predicted octanol–water partition coefficient (Wildman–Crippen LogP) is 5.00. The molecule has 0 bridgehead atoms. The number of unbranched alkanes of at least 4 members (excludes halogenated alkanes) is 1. The number of aromatic nitrogens is 2. The van der Waals surface area contributed by atoms with Crippen LogP contribution in [0.2, 0.25) is 0 Å². The highest BCUT2D eigenvalue weighted by molar-refractivity contribution is 8.26. The Morgan fingerprint density at radius 2 is 2.00 bits per heavy atom. The van der Waals surface area contributed by atoms with Gasteiger partial charge < -0.3 is 9.84 Å². The minimum absolute atomic E-state index is 0.224. The molecule has 7 nitrogen and oxygen atoms in total. The third-order valence-corrected chi connectivity index (χ3v) is 6.47. The molecule has 9 heteroatoms. The van der Waals surface area contributed by atoms with E-state index in [1.54, 1.807) is 10.8 Å². The van der Waals surface area contributed by atoms with Gasteiger partial charge in [-0.2, -0.15) is 5.10 Å². The molecule has 174 valence electrons. The van der Waals surface area contributed by atoms with Crippen molar-refractivity contribution in [3.05, 3.63) is 71.3 Å². The first-order chi connectivity index (χ1) is 16.5. The highest BCUT2D eigenvalue weighted by atomic mass is 32.2. The Balaban J connectivity index is 1.74. The van der Waals surface area contributed by atoms with E-state index >= 15 is 0 Å². The van der Waals surface area contributed by atoms with Crippen LogP contribution in [0.25, 0.3) is 23.0 Å². The molecule has 2 aromatic carbocycles. The highest BCUT2D eigenvalue weighted by Crippen LogP contribution is 2.35. The zero-order valence-corrected chi connectivity index (χ0v) is 20.1. The van der Waals surface area contributed by atoms with Gasteiger partial charge in [0.2, 0.25) is 0 Å². The van der Waals surface area contributed by atoms with Crippen LogP contribution in [0.4, 0.5) is 0 Å². The normalized spacial score (nSPS) is 14.7. The number of hydrogen-bond donors (Lipinski definition) is 1. The molecule has 0 radical (unpaired) electrons. The smallest absolute Gasteiger partial charge is 0.323 e. The van der Waals surface area contributed by atoms with Gasteiger partial charge in [-0.1, -0.05) is 67.7 Å². The first-order valence-corrected chi connectivity index (χ1v) is 12.0. The molecule has 1 aliphatic rings. The first kappa shape index (κ1) is 23.7. The Morgan fingerprint density at radius 3 is 2.74 bits per heavy atom. The summed E-state index contributed by atoms with van der Waals surface area (Å²) in [5, 5.41) is 13.9. The molecule has 1 N–H and O–H groups in total. The molecular formula is C25H23N3O4S2. The molecule has 0 atom stereocenters. The standard InChI is InChI=1S/C25H23N3O4S2/c1-2-3-12-32-20-11-7-8-17(13-20)23-18(15-28(26-23)19-9-5-4-6-10-19)14-21-24(31)27(16-22(29)30)25(33)34-21/h4-11,13-15H,2-3,12,16H2,1H3,(H,29,30). The monoisotopic (exact) mass is 493 g/mol. The lowest BCUT2D eigenvalue weighted by molar-refractivity contribution is -0.140.